The Morgan fingerprint density at radius 1 is 1.62 bits per heavy atom. The molecule has 1 aliphatic carbocycles. The second kappa shape index (κ2) is 6.49. The van der Waals surface area contributed by atoms with Gasteiger partial charge in [-0.1, -0.05) is 24.9 Å². The highest BCUT2D eigenvalue weighted by Gasteiger charge is 2.45. The van der Waals surface area contributed by atoms with Crippen molar-refractivity contribution >= 4 is 17.4 Å². The SMILES string of the molecule is CCOC1(C(=O)c2c(Cl)cnn2C(C)C)CCCC(C)C1. The van der Waals surface area contributed by atoms with E-state index in [9.17, 15) is 4.79 Å². The van der Waals surface area contributed by atoms with Gasteiger partial charge in [0, 0.05) is 12.6 Å². The molecule has 1 saturated carbocycles. The summed E-state index contributed by atoms with van der Waals surface area (Å²) in [6.07, 6.45) is 5.25. The Morgan fingerprint density at radius 3 is 2.90 bits per heavy atom. The Hall–Kier alpha value is -0.870. The number of nitrogens with zero attached hydrogens (tertiary/aromatic N) is 2. The van der Waals surface area contributed by atoms with Crippen molar-refractivity contribution in [2.24, 2.45) is 5.92 Å². The fraction of sp³-hybridized carbons (Fsp3) is 0.750. The molecule has 4 nitrogen and oxygen atoms in total. The molecular formula is C16H25ClN2O2. The van der Waals surface area contributed by atoms with Crippen LogP contribution in [0.2, 0.25) is 5.02 Å². The van der Waals surface area contributed by atoms with Crippen molar-refractivity contribution < 1.29 is 9.53 Å². The first-order valence-electron chi connectivity index (χ1n) is 7.83. The summed E-state index contributed by atoms with van der Waals surface area (Å²) in [5, 5.41) is 4.67. The van der Waals surface area contributed by atoms with Gasteiger partial charge in [0.1, 0.15) is 11.3 Å². The molecule has 0 N–H and O–H groups in total. The molecule has 2 unspecified atom stereocenters. The van der Waals surface area contributed by atoms with E-state index in [1.54, 1.807) is 10.9 Å². The highest BCUT2D eigenvalue weighted by atomic mass is 35.5. The third-order valence-electron chi connectivity index (χ3n) is 4.25. The number of carbonyl (C=O) groups is 1. The molecule has 0 bridgehead atoms. The maximum absolute atomic E-state index is 13.2. The average Bonchev–Trinajstić information content (AvgIpc) is 2.80. The smallest absolute Gasteiger partial charge is 0.214 e. The lowest BCUT2D eigenvalue weighted by atomic mass is 9.75. The van der Waals surface area contributed by atoms with Gasteiger partial charge in [-0.3, -0.25) is 9.48 Å². The summed E-state index contributed by atoms with van der Waals surface area (Å²) in [7, 11) is 0. The zero-order valence-corrected chi connectivity index (χ0v) is 14.1. The molecule has 1 aromatic heterocycles. The van der Waals surface area contributed by atoms with Gasteiger partial charge in [0.15, 0.2) is 0 Å². The van der Waals surface area contributed by atoms with E-state index in [2.05, 4.69) is 12.0 Å². The van der Waals surface area contributed by atoms with E-state index in [4.69, 9.17) is 16.3 Å². The number of rotatable bonds is 5. The van der Waals surface area contributed by atoms with Crippen molar-refractivity contribution in [3.8, 4) is 0 Å². The molecule has 21 heavy (non-hydrogen) atoms. The number of Topliss-reactive ketones (excluding diaryl/α,β-unsaturated/α-hetero) is 1. The summed E-state index contributed by atoms with van der Waals surface area (Å²) in [6.45, 7) is 8.65. The van der Waals surface area contributed by atoms with E-state index < -0.39 is 5.60 Å². The first-order valence-corrected chi connectivity index (χ1v) is 8.21. The molecule has 0 spiro atoms. The van der Waals surface area contributed by atoms with Crippen LogP contribution in [0.5, 0.6) is 0 Å². The molecule has 0 aromatic carbocycles. The van der Waals surface area contributed by atoms with E-state index in [0.717, 1.165) is 25.7 Å². The van der Waals surface area contributed by atoms with Crippen LogP contribution in [-0.4, -0.2) is 27.8 Å². The lowest BCUT2D eigenvalue weighted by Crippen LogP contribution is -2.46. The number of hydrogen-bond donors (Lipinski definition) is 0. The highest BCUT2D eigenvalue weighted by Crippen LogP contribution is 2.39. The largest absolute Gasteiger partial charge is 0.367 e. The van der Waals surface area contributed by atoms with Crippen molar-refractivity contribution in [3.63, 3.8) is 0 Å². The van der Waals surface area contributed by atoms with Crippen LogP contribution < -0.4 is 0 Å². The Bertz CT molecular complexity index is 508. The average molecular weight is 313 g/mol. The van der Waals surface area contributed by atoms with Crippen molar-refractivity contribution in [3.05, 3.63) is 16.9 Å². The number of ketones is 1. The maximum atomic E-state index is 13.2. The second-order valence-electron chi connectivity index (χ2n) is 6.34. The predicted molar refractivity (Wildman–Crippen MR) is 83.9 cm³/mol. The number of hydrogen-bond acceptors (Lipinski definition) is 3. The third kappa shape index (κ3) is 3.16. The van der Waals surface area contributed by atoms with E-state index in [-0.39, 0.29) is 11.8 Å². The molecule has 2 atom stereocenters. The number of aromatic nitrogens is 2. The summed E-state index contributed by atoms with van der Waals surface area (Å²) >= 11 is 6.24. The van der Waals surface area contributed by atoms with Crippen molar-refractivity contribution in [2.75, 3.05) is 6.61 Å². The molecule has 1 aromatic rings. The van der Waals surface area contributed by atoms with Gasteiger partial charge in [0.25, 0.3) is 0 Å². The van der Waals surface area contributed by atoms with Crippen molar-refractivity contribution in [1.82, 2.24) is 9.78 Å². The minimum atomic E-state index is -0.733. The fourth-order valence-electron chi connectivity index (χ4n) is 3.34. The van der Waals surface area contributed by atoms with Crippen LogP contribution in [0.15, 0.2) is 6.20 Å². The van der Waals surface area contributed by atoms with Gasteiger partial charge in [-0.05, 0) is 46.0 Å². The van der Waals surface area contributed by atoms with Crippen LogP contribution in [0.3, 0.4) is 0 Å². The van der Waals surface area contributed by atoms with E-state index in [1.807, 2.05) is 20.8 Å². The quantitative estimate of drug-likeness (QED) is 0.762. The molecule has 2 rings (SSSR count). The summed E-state index contributed by atoms with van der Waals surface area (Å²) < 4.78 is 7.68. The Morgan fingerprint density at radius 2 is 2.33 bits per heavy atom. The van der Waals surface area contributed by atoms with Crippen molar-refractivity contribution in [2.45, 2.75) is 65.0 Å². The minimum absolute atomic E-state index is 0.00731. The second-order valence-corrected chi connectivity index (χ2v) is 6.74. The van der Waals surface area contributed by atoms with Crippen LogP contribution in [0.1, 0.15) is 69.9 Å². The maximum Gasteiger partial charge on any atom is 0.214 e. The third-order valence-corrected chi connectivity index (χ3v) is 4.52. The monoisotopic (exact) mass is 312 g/mol. The van der Waals surface area contributed by atoms with Crippen molar-refractivity contribution in [1.29, 1.82) is 0 Å². The zero-order valence-electron chi connectivity index (χ0n) is 13.4. The lowest BCUT2D eigenvalue weighted by molar-refractivity contribution is -0.0517. The van der Waals surface area contributed by atoms with Crippen LogP contribution in [-0.2, 0) is 4.74 Å². The minimum Gasteiger partial charge on any atom is -0.367 e. The Kier molecular flexibility index (Phi) is 5.10. The topological polar surface area (TPSA) is 44.1 Å². The molecule has 0 aliphatic heterocycles. The standard InChI is InChI=1S/C16H25ClN2O2/c1-5-21-16(8-6-7-12(4)9-16)15(20)14-13(17)10-18-19(14)11(2)3/h10-12H,5-9H2,1-4H3. The summed E-state index contributed by atoms with van der Waals surface area (Å²) in [5.41, 5.74) is -0.239. The lowest BCUT2D eigenvalue weighted by Gasteiger charge is -2.38. The van der Waals surface area contributed by atoms with E-state index in [1.165, 1.54) is 0 Å². The van der Waals surface area contributed by atoms with Crippen LogP contribution >= 0.6 is 11.6 Å². The number of ether oxygens (including phenoxy) is 1. The summed E-state index contributed by atoms with van der Waals surface area (Å²) in [6, 6.07) is 0.0936. The molecule has 0 saturated heterocycles. The van der Waals surface area contributed by atoms with Crippen LogP contribution in [0.4, 0.5) is 0 Å². The highest BCUT2D eigenvalue weighted by molar-refractivity contribution is 6.34. The molecule has 5 heteroatoms. The molecule has 1 aliphatic rings. The van der Waals surface area contributed by atoms with Crippen LogP contribution in [0, 0.1) is 5.92 Å². The van der Waals surface area contributed by atoms with Gasteiger partial charge >= 0.3 is 0 Å². The first kappa shape index (κ1) is 16.5. The van der Waals surface area contributed by atoms with Crippen LogP contribution in [0.25, 0.3) is 0 Å². The molecule has 1 heterocycles. The molecule has 0 radical (unpaired) electrons. The van der Waals surface area contributed by atoms with Gasteiger partial charge in [-0.2, -0.15) is 5.10 Å². The van der Waals surface area contributed by atoms with Gasteiger partial charge in [0.05, 0.1) is 11.2 Å². The molecule has 0 amide bonds. The number of carbonyl (C=O) groups excluding carboxylic acids is 1. The first-order chi connectivity index (χ1) is 9.91. The zero-order chi connectivity index (χ0) is 15.6. The van der Waals surface area contributed by atoms with E-state index in [0.29, 0.717) is 23.2 Å². The summed E-state index contributed by atoms with van der Waals surface area (Å²) in [4.78, 5) is 13.2. The van der Waals surface area contributed by atoms with Gasteiger partial charge in [-0.15, -0.1) is 0 Å². The van der Waals surface area contributed by atoms with Gasteiger partial charge < -0.3 is 4.74 Å². The summed E-state index contributed by atoms with van der Waals surface area (Å²) in [5.74, 6) is 0.482. The van der Waals surface area contributed by atoms with Gasteiger partial charge in [0.2, 0.25) is 5.78 Å². The molecular weight excluding hydrogens is 288 g/mol. The predicted octanol–water partition coefficient (Wildman–Crippen LogP) is 4.29. The molecule has 1 fully saturated rings. The van der Waals surface area contributed by atoms with E-state index >= 15 is 0 Å². The van der Waals surface area contributed by atoms with Gasteiger partial charge in [-0.25, -0.2) is 0 Å². The normalized spacial score (nSPS) is 26.3. The fourth-order valence-corrected chi connectivity index (χ4v) is 3.56. The number of halogens is 1. The molecule has 118 valence electrons. The Balaban J connectivity index is 2.41. The Labute approximate surface area is 131 Å².